The van der Waals surface area contributed by atoms with Crippen LogP contribution in [-0.2, 0) is 0 Å². The molecule has 0 bridgehead atoms. The van der Waals surface area contributed by atoms with Crippen molar-refractivity contribution in [3.05, 3.63) is 72.1 Å². The van der Waals surface area contributed by atoms with Gasteiger partial charge in [-0.1, -0.05) is 18.2 Å². The fourth-order valence-electron chi connectivity index (χ4n) is 3.89. The monoisotopic (exact) mass is 375 g/mol. The van der Waals surface area contributed by atoms with Gasteiger partial charge in [-0.15, -0.1) is 0 Å². The molecular formula is C21H18FN5O. The minimum Gasteiger partial charge on any atom is -0.493 e. The summed E-state index contributed by atoms with van der Waals surface area (Å²) >= 11 is 0. The third-order valence-corrected chi connectivity index (χ3v) is 5.37. The molecule has 140 valence electrons. The van der Waals surface area contributed by atoms with Crippen LogP contribution in [0.2, 0.25) is 0 Å². The summed E-state index contributed by atoms with van der Waals surface area (Å²) in [5.74, 6) is 0.451. The van der Waals surface area contributed by atoms with Gasteiger partial charge in [-0.2, -0.15) is 10.1 Å². The lowest BCUT2D eigenvalue weighted by atomic mass is 9.88. The summed E-state index contributed by atoms with van der Waals surface area (Å²) in [6, 6.07) is 12.3. The third-order valence-electron chi connectivity index (χ3n) is 5.37. The molecule has 1 fully saturated rings. The number of fused-ring (bicyclic) bond motifs is 1. The van der Waals surface area contributed by atoms with Crippen LogP contribution in [0.4, 0.5) is 4.39 Å². The highest BCUT2D eigenvalue weighted by Gasteiger charge is 2.32. The highest BCUT2D eigenvalue weighted by atomic mass is 19.1. The number of hydrogen-bond donors (Lipinski definition) is 3. The van der Waals surface area contributed by atoms with E-state index in [1.807, 2.05) is 18.2 Å². The van der Waals surface area contributed by atoms with Crippen LogP contribution in [-0.4, -0.2) is 38.4 Å². The van der Waals surface area contributed by atoms with Crippen molar-refractivity contribution in [1.29, 1.82) is 0 Å². The van der Waals surface area contributed by atoms with Crippen molar-refractivity contribution in [2.75, 3.05) is 13.1 Å². The van der Waals surface area contributed by atoms with Gasteiger partial charge in [0.1, 0.15) is 11.6 Å². The summed E-state index contributed by atoms with van der Waals surface area (Å²) in [5.41, 5.74) is 3.59. The smallest absolute Gasteiger partial charge is 0.222 e. The standard InChI is InChI=1S/C21H18FN5O/c22-15-4-1-12(2-5-15)17-10-23-11-18(17)20-26-19-6-3-13(14-8-24-25-9-14)7-16(19)21(28)27-20/h1-9,17-18,23H,10-11H2,(H,24,25)(H,26,27,28)/t17-,18+/m1/s1. The molecule has 0 unspecified atom stereocenters. The number of halogens is 1. The van der Waals surface area contributed by atoms with Crippen molar-refractivity contribution >= 4 is 10.9 Å². The Morgan fingerprint density at radius 1 is 0.964 bits per heavy atom. The predicted molar refractivity (Wildman–Crippen MR) is 104 cm³/mol. The van der Waals surface area contributed by atoms with E-state index in [9.17, 15) is 9.50 Å². The molecule has 7 heteroatoms. The number of aromatic nitrogens is 4. The Hall–Kier alpha value is -3.32. The average molecular weight is 375 g/mol. The molecule has 28 heavy (non-hydrogen) atoms. The second-order valence-corrected chi connectivity index (χ2v) is 7.05. The van der Waals surface area contributed by atoms with E-state index in [1.165, 1.54) is 12.1 Å². The van der Waals surface area contributed by atoms with Gasteiger partial charge in [0, 0.05) is 36.7 Å². The zero-order valence-corrected chi connectivity index (χ0v) is 14.9. The van der Waals surface area contributed by atoms with E-state index >= 15 is 0 Å². The van der Waals surface area contributed by atoms with Crippen molar-refractivity contribution in [1.82, 2.24) is 25.5 Å². The second kappa shape index (κ2) is 6.69. The summed E-state index contributed by atoms with van der Waals surface area (Å²) in [6.07, 6.45) is 3.52. The first-order chi connectivity index (χ1) is 13.7. The van der Waals surface area contributed by atoms with E-state index in [4.69, 9.17) is 4.98 Å². The highest BCUT2D eigenvalue weighted by Crippen LogP contribution is 2.36. The maximum absolute atomic E-state index is 13.3. The summed E-state index contributed by atoms with van der Waals surface area (Å²) < 4.78 is 13.3. The maximum atomic E-state index is 13.3. The van der Waals surface area contributed by atoms with Gasteiger partial charge in [0.05, 0.1) is 17.1 Å². The molecule has 4 aromatic rings. The van der Waals surface area contributed by atoms with Crippen LogP contribution in [0.1, 0.15) is 23.2 Å². The van der Waals surface area contributed by atoms with E-state index in [-0.39, 0.29) is 23.5 Å². The fourth-order valence-corrected chi connectivity index (χ4v) is 3.89. The maximum Gasteiger partial charge on any atom is 0.222 e. The molecule has 2 aromatic carbocycles. The number of H-pyrrole nitrogens is 1. The molecule has 1 saturated heterocycles. The van der Waals surface area contributed by atoms with E-state index in [1.54, 1.807) is 24.5 Å². The molecular weight excluding hydrogens is 357 g/mol. The van der Waals surface area contributed by atoms with Crippen LogP contribution in [0.3, 0.4) is 0 Å². The van der Waals surface area contributed by atoms with Crippen LogP contribution >= 0.6 is 0 Å². The number of benzene rings is 2. The zero-order chi connectivity index (χ0) is 19.1. The number of nitrogens with one attached hydrogen (secondary N) is 2. The lowest BCUT2D eigenvalue weighted by Crippen LogP contribution is -2.13. The first kappa shape index (κ1) is 16.8. The highest BCUT2D eigenvalue weighted by molar-refractivity contribution is 5.87. The molecule has 0 amide bonds. The molecule has 0 saturated carbocycles. The van der Waals surface area contributed by atoms with Crippen molar-refractivity contribution in [2.45, 2.75) is 11.8 Å². The SMILES string of the molecule is Oc1nc([C@H]2CNC[C@@H]2c2ccc(F)cc2)nc2ccc(-c3cn[nH]c3)cc12. The normalized spacial score (nSPS) is 19.3. The molecule has 1 aliphatic heterocycles. The number of aromatic amines is 1. The quantitative estimate of drug-likeness (QED) is 0.511. The van der Waals surface area contributed by atoms with Gasteiger partial charge in [0.15, 0.2) is 0 Å². The molecule has 0 spiro atoms. The number of aromatic hydroxyl groups is 1. The topological polar surface area (TPSA) is 86.7 Å². The first-order valence-electron chi connectivity index (χ1n) is 9.15. The Bertz CT molecular complexity index is 1130. The third kappa shape index (κ3) is 2.90. The molecule has 0 aliphatic carbocycles. The van der Waals surface area contributed by atoms with Crippen LogP contribution in [0.5, 0.6) is 5.88 Å². The molecule has 3 N–H and O–H groups in total. The van der Waals surface area contributed by atoms with Gasteiger partial charge >= 0.3 is 0 Å². The van der Waals surface area contributed by atoms with Crippen molar-refractivity contribution in [3.8, 4) is 17.0 Å². The van der Waals surface area contributed by atoms with Gasteiger partial charge in [0.25, 0.3) is 0 Å². The molecule has 2 aromatic heterocycles. The summed E-state index contributed by atoms with van der Waals surface area (Å²) in [4.78, 5) is 9.13. The minimum atomic E-state index is -0.251. The number of nitrogens with zero attached hydrogens (tertiary/aromatic N) is 3. The predicted octanol–water partition coefficient (Wildman–Crippen LogP) is 3.34. The summed E-state index contributed by atoms with van der Waals surface area (Å²) in [5, 5.41) is 21.3. The number of hydrogen-bond acceptors (Lipinski definition) is 5. The van der Waals surface area contributed by atoms with E-state index in [0.717, 1.165) is 23.2 Å². The Morgan fingerprint density at radius 3 is 2.57 bits per heavy atom. The van der Waals surface area contributed by atoms with Crippen molar-refractivity contribution in [2.24, 2.45) is 0 Å². The largest absolute Gasteiger partial charge is 0.493 e. The van der Waals surface area contributed by atoms with Crippen molar-refractivity contribution in [3.63, 3.8) is 0 Å². The zero-order valence-electron chi connectivity index (χ0n) is 14.9. The van der Waals surface area contributed by atoms with Crippen LogP contribution < -0.4 is 5.32 Å². The molecule has 1 aliphatic rings. The van der Waals surface area contributed by atoms with Gasteiger partial charge in [-0.25, -0.2) is 9.37 Å². The average Bonchev–Trinajstić information content (AvgIpc) is 3.40. The lowest BCUT2D eigenvalue weighted by Gasteiger charge is -2.18. The molecule has 2 atom stereocenters. The molecule has 5 rings (SSSR count). The molecule has 0 radical (unpaired) electrons. The summed E-state index contributed by atoms with van der Waals surface area (Å²) in [7, 11) is 0. The lowest BCUT2D eigenvalue weighted by molar-refractivity contribution is 0.452. The van der Waals surface area contributed by atoms with Crippen LogP contribution in [0.25, 0.3) is 22.0 Å². The minimum absolute atomic E-state index is 0.00862. The Kier molecular flexibility index (Phi) is 4.02. The Labute approximate surface area is 160 Å². The first-order valence-corrected chi connectivity index (χ1v) is 9.15. The Morgan fingerprint density at radius 2 is 1.79 bits per heavy atom. The summed E-state index contributed by atoms with van der Waals surface area (Å²) in [6.45, 7) is 1.47. The van der Waals surface area contributed by atoms with Crippen LogP contribution in [0, 0.1) is 5.82 Å². The Balaban J connectivity index is 1.53. The number of rotatable bonds is 3. The van der Waals surface area contributed by atoms with Gasteiger partial charge in [-0.05, 0) is 35.4 Å². The van der Waals surface area contributed by atoms with E-state index < -0.39 is 0 Å². The van der Waals surface area contributed by atoms with Gasteiger partial charge in [0.2, 0.25) is 5.88 Å². The van der Waals surface area contributed by atoms with Gasteiger partial charge in [-0.3, -0.25) is 5.10 Å². The van der Waals surface area contributed by atoms with Crippen molar-refractivity contribution < 1.29 is 9.50 Å². The van der Waals surface area contributed by atoms with E-state index in [2.05, 4.69) is 20.5 Å². The second-order valence-electron chi connectivity index (χ2n) is 7.05. The van der Waals surface area contributed by atoms with Crippen LogP contribution in [0.15, 0.2) is 54.9 Å². The fraction of sp³-hybridized carbons (Fsp3) is 0.190. The molecule has 6 nitrogen and oxygen atoms in total. The van der Waals surface area contributed by atoms with E-state index in [0.29, 0.717) is 23.3 Å². The van der Waals surface area contributed by atoms with Gasteiger partial charge < -0.3 is 10.4 Å². The molecule has 3 heterocycles.